The van der Waals surface area contributed by atoms with Crippen LogP contribution in [0.2, 0.25) is 0 Å². The van der Waals surface area contributed by atoms with Gasteiger partial charge >= 0.3 is 0 Å². The highest BCUT2D eigenvalue weighted by molar-refractivity contribution is 8.18. The second-order valence-corrected chi connectivity index (χ2v) is 4.72. The Kier molecular flexibility index (Phi) is 9.67. The lowest BCUT2D eigenvalue weighted by Gasteiger charge is -1.90. The van der Waals surface area contributed by atoms with Crippen LogP contribution >= 0.6 is 0 Å². The van der Waals surface area contributed by atoms with Gasteiger partial charge in [-0.15, -0.1) is 0 Å². The number of hydrogen-bond donors (Lipinski definition) is 2. The van der Waals surface area contributed by atoms with Gasteiger partial charge in [-0.2, -0.15) is 8.42 Å². The fourth-order valence-corrected chi connectivity index (χ4v) is 0.980. The van der Waals surface area contributed by atoms with Crippen molar-refractivity contribution in [1.29, 1.82) is 0 Å². The van der Waals surface area contributed by atoms with Crippen LogP contribution in [0.1, 0.15) is 19.8 Å². The molecule has 0 unspecified atom stereocenters. The van der Waals surface area contributed by atoms with E-state index in [1.807, 2.05) is 6.92 Å². The van der Waals surface area contributed by atoms with E-state index in [9.17, 15) is 8.42 Å². The minimum atomic E-state index is -3.69. The van der Waals surface area contributed by atoms with Gasteiger partial charge < -0.3 is 8.76 Å². The molecule has 0 amide bonds. The molecule has 0 aromatic heterocycles. The van der Waals surface area contributed by atoms with Crippen LogP contribution in [-0.2, 0) is 35.2 Å². The third kappa shape index (κ3) is 31.8. The van der Waals surface area contributed by atoms with Crippen LogP contribution in [0.15, 0.2) is 0 Å². The Balaban J connectivity index is 0. The summed E-state index contributed by atoms with van der Waals surface area (Å²) in [5, 5.41) is 0. The van der Waals surface area contributed by atoms with Gasteiger partial charge in [-0.1, -0.05) is 23.0 Å². The maximum absolute atomic E-state index is 9.95. The van der Waals surface area contributed by atoms with Crippen molar-refractivity contribution >= 4 is 30.9 Å². The van der Waals surface area contributed by atoms with E-state index in [0.29, 0.717) is 6.42 Å². The van der Waals surface area contributed by atoms with E-state index in [1.165, 1.54) is 0 Å². The smallest absolute Gasteiger partial charge is 0.264 e. The highest BCUT2D eigenvalue weighted by atomic mass is 32.8. The molecule has 5 nitrogen and oxygen atoms in total. The highest BCUT2D eigenvalue weighted by Crippen LogP contribution is 1.90. The summed E-state index contributed by atoms with van der Waals surface area (Å²) in [6, 6.07) is 0. The summed E-state index contributed by atoms with van der Waals surface area (Å²) < 4.78 is 44.3. The van der Waals surface area contributed by atoms with Crippen LogP contribution in [0.4, 0.5) is 0 Å². The van der Waals surface area contributed by atoms with Gasteiger partial charge in [0.1, 0.15) is 0 Å². The van der Waals surface area contributed by atoms with Gasteiger partial charge in [0, 0.05) is 0 Å². The molecule has 0 radical (unpaired) electrons. The molecular weight excluding hydrogens is 224 g/mol. The lowest BCUT2D eigenvalue weighted by Crippen LogP contribution is -2.02. The predicted octanol–water partition coefficient (Wildman–Crippen LogP) is 0.559. The molecule has 8 heteroatoms. The zero-order valence-electron chi connectivity index (χ0n) is 6.47. The van der Waals surface area contributed by atoms with E-state index < -0.39 is 19.8 Å². The third-order valence-electron chi connectivity index (χ3n) is 0.756. The lowest BCUT2D eigenvalue weighted by molar-refractivity contribution is 0.480. The summed E-state index contributed by atoms with van der Waals surface area (Å²) in [6.45, 7) is 1.87. The molecule has 0 rings (SSSR count). The second-order valence-electron chi connectivity index (χ2n) is 1.86. The van der Waals surface area contributed by atoms with Gasteiger partial charge in [-0.05, 0) is 6.42 Å². The van der Waals surface area contributed by atoms with Crippen LogP contribution in [0.3, 0.4) is 0 Å². The number of rotatable bonds is 3. The molecule has 0 fully saturated rings. The molecule has 0 bridgehead atoms. The molecule has 0 aliphatic carbocycles. The highest BCUT2D eigenvalue weighted by Gasteiger charge is 2.00. The Bertz CT molecular complexity index is 244. The molecule has 0 atom stereocenters. The Hall–Kier alpha value is 0.240. The summed E-state index contributed by atoms with van der Waals surface area (Å²) in [4.78, 5) is 0. The van der Waals surface area contributed by atoms with E-state index in [0.717, 1.165) is 6.42 Å². The van der Waals surface area contributed by atoms with Gasteiger partial charge in [0.2, 0.25) is 0 Å². The zero-order valence-corrected chi connectivity index (χ0v) is 8.91. The SMILES string of the molecule is CCCCS(=O)(=O)O.O=[S-](O)=S. The first kappa shape index (κ1) is 14.7. The standard InChI is InChI=1S/C4H10O3S.HO2S2/c1-2-3-4-8(5,6)7;1-4(2)3/h2-4H2,1H3,(H,5,6,7);(H,1,2,3)/q;-1. The van der Waals surface area contributed by atoms with Crippen molar-refractivity contribution in [1.82, 2.24) is 0 Å². The van der Waals surface area contributed by atoms with Crippen molar-refractivity contribution in [2.45, 2.75) is 19.8 Å². The Morgan fingerprint density at radius 3 is 1.92 bits per heavy atom. The van der Waals surface area contributed by atoms with Gasteiger partial charge in [0.15, 0.2) is 0 Å². The number of unbranched alkanes of at least 4 members (excludes halogenated alkanes) is 1. The average Bonchev–Trinajstić information content (AvgIpc) is 1.80. The van der Waals surface area contributed by atoms with Gasteiger partial charge in [0.05, 0.1) is 5.75 Å². The van der Waals surface area contributed by atoms with Crippen molar-refractivity contribution in [3.05, 3.63) is 0 Å². The maximum Gasteiger partial charge on any atom is 0.264 e. The van der Waals surface area contributed by atoms with E-state index in [-0.39, 0.29) is 5.75 Å². The molecule has 12 heavy (non-hydrogen) atoms. The quantitative estimate of drug-likeness (QED) is 0.422. The van der Waals surface area contributed by atoms with Crippen LogP contribution < -0.4 is 0 Å². The first-order valence-electron chi connectivity index (χ1n) is 3.03. The third-order valence-corrected chi connectivity index (χ3v) is 1.56. The molecule has 0 saturated heterocycles. The van der Waals surface area contributed by atoms with Gasteiger partial charge in [-0.25, -0.2) is 11.2 Å². The first-order chi connectivity index (χ1) is 5.29. The van der Waals surface area contributed by atoms with E-state index in [2.05, 4.69) is 11.2 Å². The topological polar surface area (TPSA) is 91.7 Å². The monoisotopic (exact) mass is 235 g/mol. The predicted molar refractivity (Wildman–Crippen MR) is 49.4 cm³/mol. The average molecular weight is 235 g/mol. The summed E-state index contributed by atoms with van der Waals surface area (Å²) in [5.41, 5.74) is 0. The van der Waals surface area contributed by atoms with Crippen molar-refractivity contribution < 1.29 is 21.7 Å². The fourth-order valence-electron chi connectivity index (χ4n) is 0.327. The van der Waals surface area contributed by atoms with E-state index >= 15 is 0 Å². The summed E-state index contributed by atoms with van der Waals surface area (Å²) in [6.07, 6.45) is 1.33. The Morgan fingerprint density at radius 1 is 1.50 bits per heavy atom. The molecular formula is C4H11O5S3-. The molecule has 0 heterocycles. The van der Waals surface area contributed by atoms with Crippen LogP contribution in [0.5, 0.6) is 0 Å². The van der Waals surface area contributed by atoms with Gasteiger partial charge in [0.25, 0.3) is 10.1 Å². The summed E-state index contributed by atoms with van der Waals surface area (Å²) in [5.74, 6) is -0.108. The lowest BCUT2D eigenvalue weighted by atomic mass is 10.4. The van der Waals surface area contributed by atoms with E-state index in [1.54, 1.807) is 0 Å². The maximum atomic E-state index is 9.95. The van der Waals surface area contributed by atoms with Crippen LogP contribution in [0.25, 0.3) is 0 Å². The van der Waals surface area contributed by atoms with Crippen LogP contribution in [0, 0.1) is 0 Å². The zero-order chi connectivity index (χ0) is 10.2. The molecule has 2 N–H and O–H groups in total. The molecule has 0 saturated carbocycles. The second kappa shape index (κ2) is 7.87. The summed E-state index contributed by atoms with van der Waals surface area (Å²) in [7, 11) is -5.71. The fraction of sp³-hybridized carbons (Fsp3) is 1.00. The van der Waals surface area contributed by atoms with Crippen molar-refractivity contribution in [2.24, 2.45) is 0 Å². The Labute approximate surface area is 78.5 Å². The molecule has 0 spiro atoms. The van der Waals surface area contributed by atoms with E-state index in [4.69, 9.17) is 13.3 Å². The minimum Gasteiger partial charge on any atom is -0.459 e. The minimum absolute atomic E-state index is 0.108. The van der Waals surface area contributed by atoms with Crippen molar-refractivity contribution in [3.63, 3.8) is 0 Å². The molecule has 0 aromatic rings. The molecule has 0 aromatic carbocycles. The van der Waals surface area contributed by atoms with Gasteiger partial charge in [-0.3, -0.25) is 4.55 Å². The first-order valence-corrected chi connectivity index (χ1v) is 6.67. The largest absolute Gasteiger partial charge is 0.459 e. The van der Waals surface area contributed by atoms with Crippen molar-refractivity contribution in [3.8, 4) is 0 Å². The normalized spacial score (nSPS) is 10.7. The summed E-state index contributed by atoms with van der Waals surface area (Å²) >= 11 is 3.65. The van der Waals surface area contributed by atoms with Crippen LogP contribution in [-0.4, -0.2) is 23.3 Å². The van der Waals surface area contributed by atoms with Crippen molar-refractivity contribution in [2.75, 3.05) is 5.75 Å². The molecule has 0 aliphatic rings. The number of hydrogen-bond acceptors (Lipinski definition) is 5. The molecule has 76 valence electrons. The Morgan fingerprint density at radius 2 is 1.83 bits per heavy atom. The molecule has 0 aliphatic heterocycles.